The molecule has 4 rings (SSSR count). The fourth-order valence-electron chi connectivity index (χ4n) is 4.58. The molecule has 3 saturated heterocycles. The maximum atomic E-state index is 13.5. The van der Waals surface area contributed by atoms with Crippen molar-refractivity contribution in [2.45, 2.75) is 31.2 Å². The van der Waals surface area contributed by atoms with Gasteiger partial charge in [-0.25, -0.2) is 0 Å². The number of piperidine rings is 1. The zero-order valence-electron chi connectivity index (χ0n) is 16.4. The van der Waals surface area contributed by atoms with Crippen LogP contribution in [0.1, 0.15) is 30.7 Å². The quantitative estimate of drug-likeness (QED) is 0.778. The summed E-state index contributed by atoms with van der Waals surface area (Å²) in [5.74, 6) is 0.190. The minimum atomic E-state index is -0.320. The molecule has 4 heterocycles. The molecule has 28 heavy (non-hydrogen) atoms. The lowest BCUT2D eigenvalue weighted by Gasteiger charge is -2.40. The third kappa shape index (κ3) is 4.18. The summed E-state index contributed by atoms with van der Waals surface area (Å²) in [6.45, 7) is 4.53. The SMILES string of the molecule is Cl.Cn1cc([C@H]2CNC[C@@H]2C(=O)N2CCCCC2C(=O)N2CCOCC2)cn1. The molecular formula is C19H30ClN5O3. The number of nitrogens with zero attached hydrogens (tertiary/aromatic N) is 4. The zero-order chi connectivity index (χ0) is 18.8. The molecular weight excluding hydrogens is 382 g/mol. The number of likely N-dealkylation sites (tertiary alicyclic amines) is 1. The van der Waals surface area contributed by atoms with E-state index in [0.717, 1.165) is 31.4 Å². The van der Waals surface area contributed by atoms with Gasteiger partial charge in [0.15, 0.2) is 0 Å². The Kier molecular flexibility index (Phi) is 6.95. The first-order valence-corrected chi connectivity index (χ1v) is 10.0. The van der Waals surface area contributed by atoms with E-state index in [4.69, 9.17) is 4.74 Å². The van der Waals surface area contributed by atoms with E-state index in [0.29, 0.717) is 39.4 Å². The van der Waals surface area contributed by atoms with Gasteiger partial charge < -0.3 is 19.9 Å². The van der Waals surface area contributed by atoms with Crippen LogP contribution in [0.25, 0.3) is 0 Å². The average molecular weight is 412 g/mol. The Morgan fingerprint density at radius 2 is 1.93 bits per heavy atom. The van der Waals surface area contributed by atoms with Crippen molar-refractivity contribution in [2.75, 3.05) is 45.9 Å². The first kappa shape index (κ1) is 21.1. The Bertz CT molecular complexity index is 691. The van der Waals surface area contributed by atoms with Gasteiger partial charge in [-0.3, -0.25) is 14.3 Å². The van der Waals surface area contributed by atoms with E-state index in [9.17, 15) is 9.59 Å². The molecule has 0 bridgehead atoms. The fraction of sp³-hybridized carbons (Fsp3) is 0.737. The smallest absolute Gasteiger partial charge is 0.245 e. The van der Waals surface area contributed by atoms with Crippen molar-refractivity contribution in [2.24, 2.45) is 13.0 Å². The number of aryl methyl sites for hydroxylation is 1. The molecule has 3 aliphatic heterocycles. The van der Waals surface area contributed by atoms with Crippen LogP contribution in [0.3, 0.4) is 0 Å². The number of hydrogen-bond donors (Lipinski definition) is 1. The van der Waals surface area contributed by atoms with Gasteiger partial charge in [0, 0.05) is 51.9 Å². The van der Waals surface area contributed by atoms with Crippen molar-refractivity contribution in [1.29, 1.82) is 0 Å². The first-order valence-electron chi connectivity index (χ1n) is 10.0. The molecule has 3 fully saturated rings. The molecule has 0 radical (unpaired) electrons. The number of aromatic nitrogens is 2. The number of halogens is 1. The molecule has 0 spiro atoms. The Hall–Kier alpha value is -1.64. The summed E-state index contributed by atoms with van der Waals surface area (Å²) < 4.78 is 7.15. The van der Waals surface area contributed by atoms with E-state index in [1.165, 1.54) is 0 Å². The Morgan fingerprint density at radius 3 is 2.64 bits per heavy atom. The fourth-order valence-corrected chi connectivity index (χ4v) is 4.58. The molecule has 1 unspecified atom stereocenters. The topological polar surface area (TPSA) is 79.7 Å². The highest BCUT2D eigenvalue weighted by Gasteiger charge is 2.42. The van der Waals surface area contributed by atoms with Gasteiger partial charge in [0.25, 0.3) is 0 Å². The van der Waals surface area contributed by atoms with E-state index in [2.05, 4.69) is 10.4 Å². The largest absolute Gasteiger partial charge is 0.378 e. The summed E-state index contributed by atoms with van der Waals surface area (Å²) in [7, 11) is 1.89. The summed E-state index contributed by atoms with van der Waals surface area (Å²) in [5.41, 5.74) is 1.09. The Balaban J connectivity index is 0.00000225. The second-order valence-corrected chi connectivity index (χ2v) is 7.80. The number of nitrogens with one attached hydrogen (secondary N) is 1. The molecule has 9 heteroatoms. The Labute approximate surface area is 172 Å². The summed E-state index contributed by atoms with van der Waals surface area (Å²) in [6.07, 6.45) is 6.57. The second-order valence-electron chi connectivity index (χ2n) is 7.80. The van der Waals surface area contributed by atoms with Crippen LogP contribution in [0.2, 0.25) is 0 Å². The van der Waals surface area contributed by atoms with Gasteiger partial charge >= 0.3 is 0 Å². The second kappa shape index (κ2) is 9.24. The van der Waals surface area contributed by atoms with Crippen LogP contribution in [0.15, 0.2) is 12.4 Å². The molecule has 1 aromatic rings. The van der Waals surface area contributed by atoms with Gasteiger partial charge in [-0.1, -0.05) is 0 Å². The maximum absolute atomic E-state index is 13.5. The molecule has 0 saturated carbocycles. The number of amides is 2. The van der Waals surface area contributed by atoms with Crippen LogP contribution in [-0.2, 0) is 21.4 Å². The first-order chi connectivity index (χ1) is 13.1. The summed E-state index contributed by atoms with van der Waals surface area (Å²) in [4.78, 5) is 30.3. The van der Waals surface area contributed by atoms with Gasteiger partial charge in [0.2, 0.25) is 11.8 Å². The molecule has 1 N–H and O–H groups in total. The van der Waals surface area contributed by atoms with Crippen molar-refractivity contribution < 1.29 is 14.3 Å². The molecule has 1 aromatic heterocycles. The van der Waals surface area contributed by atoms with E-state index in [-0.39, 0.29) is 42.1 Å². The minimum absolute atomic E-state index is 0. The van der Waals surface area contributed by atoms with Crippen molar-refractivity contribution in [1.82, 2.24) is 24.9 Å². The van der Waals surface area contributed by atoms with Crippen molar-refractivity contribution >= 4 is 24.2 Å². The van der Waals surface area contributed by atoms with Crippen LogP contribution in [0.4, 0.5) is 0 Å². The van der Waals surface area contributed by atoms with Gasteiger partial charge in [0.05, 0.1) is 25.3 Å². The number of rotatable bonds is 3. The predicted octanol–water partition coefficient (Wildman–Crippen LogP) is 0.385. The number of carbonyl (C=O) groups excluding carboxylic acids is 2. The lowest BCUT2D eigenvalue weighted by Crippen LogP contribution is -2.56. The van der Waals surface area contributed by atoms with Crippen LogP contribution < -0.4 is 5.32 Å². The lowest BCUT2D eigenvalue weighted by atomic mass is 9.88. The van der Waals surface area contributed by atoms with E-state index in [1.54, 1.807) is 4.68 Å². The van der Waals surface area contributed by atoms with Crippen LogP contribution >= 0.6 is 12.4 Å². The molecule has 0 aliphatic carbocycles. The molecule has 3 aliphatic rings. The van der Waals surface area contributed by atoms with Crippen LogP contribution in [0.5, 0.6) is 0 Å². The summed E-state index contributed by atoms with van der Waals surface area (Å²) >= 11 is 0. The molecule has 2 amide bonds. The van der Waals surface area contributed by atoms with E-state index < -0.39 is 0 Å². The zero-order valence-corrected chi connectivity index (χ0v) is 17.2. The lowest BCUT2D eigenvalue weighted by molar-refractivity contribution is -0.152. The third-order valence-corrected chi connectivity index (χ3v) is 6.08. The van der Waals surface area contributed by atoms with Gasteiger partial charge in [0.1, 0.15) is 6.04 Å². The van der Waals surface area contributed by atoms with E-state index in [1.807, 2.05) is 29.2 Å². The van der Waals surface area contributed by atoms with Crippen LogP contribution in [-0.4, -0.2) is 83.4 Å². The maximum Gasteiger partial charge on any atom is 0.245 e. The number of ether oxygens (including phenoxy) is 1. The van der Waals surface area contributed by atoms with Gasteiger partial charge in [-0.15, -0.1) is 12.4 Å². The van der Waals surface area contributed by atoms with Crippen molar-refractivity contribution in [3.05, 3.63) is 18.0 Å². The van der Waals surface area contributed by atoms with Crippen LogP contribution in [0, 0.1) is 5.92 Å². The van der Waals surface area contributed by atoms with E-state index >= 15 is 0 Å². The highest BCUT2D eigenvalue weighted by molar-refractivity contribution is 5.89. The number of morpholine rings is 1. The Morgan fingerprint density at radius 1 is 1.14 bits per heavy atom. The average Bonchev–Trinajstić information content (AvgIpc) is 3.36. The minimum Gasteiger partial charge on any atom is -0.378 e. The number of carbonyl (C=O) groups is 2. The molecule has 3 atom stereocenters. The highest BCUT2D eigenvalue weighted by atomic mass is 35.5. The molecule has 156 valence electrons. The van der Waals surface area contributed by atoms with Crippen molar-refractivity contribution in [3.63, 3.8) is 0 Å². The normalized spacial score (nSPS) is 28.1. The molecule has 8 nitrogen and oxygen atoms in total. The third-order valence-electron chi connectivity index (χ3n) is 6.08. The van der Waals surface area contributed by atoms with Crippen molar-refractivity contribution in [3.8, 4) is 0 Å². The van der Waals surface area contributed by atoms with Gasteiger partial charge in [-0.2, -0.15) is 5.10 Å². The highest BCUT2D eigenvalue weighted by Crippen LogP contribution is 2.31. The van der Waals surface area contributed by atoms with Gasteiger partial charge in [-0.05, 0) is 24.8 Å². The monoisotopic (exact) mass is 411 g/mol. The summed E-state index contributed by atoms with van der Waals surface area (Å²) in [6, 6.07) is -0.320. The molecule has 0 aromatic carbocycles. The summed E-state index contributed by atoms with van der Waals surface area (Å²) in [5, 5.41) is 7.62. The number of hydrogen-bond acceptors (Lipinski definition) is 5. The predicted molar refractivity (Wildman–Crippen MR) is 106 cm³/mol. The standard InChI is InChI=1S/C19H29N5O3.ClH/c1-22-13-14(10-21-22)15-11-20-12-16(15)18(25)24-5-3-2-4-17(24)19(26)23-6-8-27-9-7-23;/h10,13,15-17,20H,2-9,11-12H2,1H3;1H/t15-,16+,17?;/m1./s1.